The fourth-order valence-electron chi connectivity index (χ4n) is 2.49. The van der Waals surface area contributed by atoms with Crippen LogP contribution in [0.5, 0.6) is 5.75 Å². The molecule has 3 rings (SSSR count). The molecule has 2 N–H and O–H groups in total. The lowest BCUT2D eigenvalue weighted by Gasteiger charge is -2.11. The van der Waals surface area contributed by atoms with Crippen LogP contribution in [0, 0.1) is 13.8 Å². The average molecular weight is 334 g/mol. The minimum Gasteiger partial charge on any atom is -0.494 e. The van der Waals surface area contributed by atoms with Gasteiger partial charge in [-0.2, -0.15) is 4.98 Å². The van der Waals surface area contributed by atoms with Crippen molar-refractivity contribution >= 4 is 23.1 Å². The Kier molecular flexibility index (Phi) is 5.14. The summed E-state index contributed by atoms with van der Waals surface area (Å²) < 4.78 is 5.46. The molecule has 0 atom stereocenters. The predicted octanol–water partition coefficient (Wildman–Crippen LogP) is 4.98. The van der Waals surface area contributed by atoms with Gasteiger partial charge in [0, 0.05) is 23.1 Å². The van der Waals surface area contributed by atoms with E-state index in [4.69, 9.17) is 4.74 Å². The Morgan fingerprint density at radius 1 is 0.880 bits per heavy atom. The molecule has 0 radical (unpaired) electrons. The minimum absolute atomic E-state index is 0.555. The van der Waals surface area contributed by atoms with Crippen molar-refractivity contribution in [3.8, 4) is 5.75 Å². The van der Waals surface area contributed by atoms with Gasteiger partial charge in [-0.15, -0.1) is 0 Å². The summed E-state index contributed by atoms with van der Waals surface area (Å²) in [6.45, 7) is 6.64. The summed E-state index contributed by atoms with van der Waals surface area (Å²) in [6.07, 6.45) is 0. The number of nitrogens with one attached hydrogen (secondary N) is 2. The maximum atomic E-state index is 5.46. The van der Waals surface area contributed by atoms with Crippen LogP contribution < -0.4 is 15.4 Å². The largest absolute Gasteiger partial charge is 0.494 e. The summed E-state index contributed by atoms with van der Waals surface area (Å²) in [7, 11) is 0. The van der Waals surface area contributed by atoms with Crippen molar-refractivity contribution in [3.05, 3.63) is 65.9 Å². The number of hydrogen-bond donors (Lipinski definition) is 2. The average Bonchev–Trinajstić information content (AvgIpc) is 2.56. The van der Waals surface area contributed by atoms with Crippen LogP contribution in [-0.2, 0) is 0 Å². The number of rotatable bonds is 6. The number of anilines is 4. The van der Waals surface area contributed by atoms with Crippen molar-refractivity contribution in [2.75, 3.05) is 17.2 Å². The second-order valence-corrected chi connectivity index (χ2v) is 5.80. The molecule has 0 fully saturated rings. The number of aryl methyl sites for hydroxylation is 2. The predicted molar refractivity (Wildman–Crippen MR) is 102 cm³/mol. The molecule has 2 aromatic carbocycles. The van der Waals surface area contributed by atoms with Crippen LogP contribution in [0.4, 0.5) is 23.1 Å². The number of nitrogens with zero attached hydrogens (tertiary/aromatic N) is 2. The van der Waals surface area contributed by atoms with E-state index in [1.807, 2.05) is 56.3 Å². The first-order valence-electron chi connectivity index (χ1n) is 8.31. The molecule has 0 aliphatic carbocycles. The molecule has 0 aliphatic rings. The monoisotopic (exact) mass is 334 g/mol. The highest BCUT2D eigenvalue weighted by Gasteiger charge is 2.04. The first-order chi connectivity index (χ1) is 12.1. The molecule has 0 bridgehead atoms. The zero-order valence-corrected chi connectivity index (χ0v) is 14.7. The van der Waals surface area contributed by atoms with Gasteiger partial charge in [-0.1, -0.05) is 12.1 Å². The van der Waals surface area contributed by atoms with Gasteiger partial charge in [0.1, 0.15) is 11.6 Å². The van der Waals surface area contributed by atoms with E-state index in [1.165, 1.54) is 5.56 Å². The standard InChI is InChI=1S/C20H22N4O/c1-4-25-18-10-8-16(9-11-18)23-20-21-15(3)13-19(24-20)22-17-7-5-6-14(2)12-17/h5-13H,4H2,1-3H3,(H2,21,22,23,24). The molecule has 5 heteroatoms. The van der Waals surface area contributed by atoms with E-state index in [0.717, 1.165) is 28.6 Å². The van der Waals surface area contributed by atoms with Gasteiger partial charge in [-0.05, 0) is 62.7 Å². The molecule has 128 valence electrons. The van der Waals surface area contributed by atoms with Crippen molar-refractivity contribution < 1.29 is 4.74 Å². The molecule has 0 aliphatic heterocycles. The van der Waals surface area contributed by atoms with E-state index in [2.05, 4.69) is 39.7 Å². The summed E-state index contributed by atoms with van der Waals surface area (Å²) in [4.78, 5) is 9.00. The van der Waals surface area contributed by atoms with E-state index in [0.29, 0.717) is 12.6 Å². The van der Waals surface area contributed by atoms with Crippen LogP contribution in [0.1, 0.15) is 18.2 Å². The fraction of sp³-hybridized carbons (Fsp3) is 0.200. The lowest BCUT2D eigenvalue weighted by atomic mass is 10.2. The third-order valence-electron chi connectivity index (χ3n) is 3.57. The number of ether oxygens (including phenoxy) is 1. The third kappa shape index (κ3) is 4.70. The maximum Gasteiger partial charge on any atom is 0.229 e. The van der Waals surface area contributed by atoms with Gasteiger partial charge in [0.15, 0.2) is 0 Å². The van der Waals surface area contributed by atoms with Crippen LogP contribution in [0.3, 0.4) is 0 Å². The topological polar surface area (TPSA) is 59.1 Å². The first kappa shape index (κ1) is 16.8. The van der Waals surface area contributed by atoms with Crippen molar-refractivity contribution in [1.82, 2.24) is 9.97 Å². The quantitative estimate of drug-likeness (QED) is 0.666. The molecule has 1 aromatic heterocycles. The van der Waals surface area contributed by atoms with Crippen LogP contribution in [-0.4, -0.2) is 16.6 Å². The highest BCUT2D eigenvalue weighted by atomic mass is 16.5. The Bertz CT molecular complexity index is 847. The van der Waals surface area contributed by atoms with Crippen LogP contribution in [0.25, 0.3) is 0 Å². The molecule has 0 spiro atoms. The molecule has 3 aromatic rings. The third-order valence-corrected chi connectivity index (χ3v) is 3.57. The van der Waals surface area contributed by atoms with Gasteiger partial charge >= 0.3 is 0 Å². The highest BCUT2D eigenvalue weighted by molar-refractivity contribution is 5.61. The van der Waals surface area contributed by atoms with Gasteiger partial charge < -0.3 is 15.4 Å². The van der Waals surface area contributed by atoms with Crippen LogP contribution in [0.15, 0.2) is 54.6 Å². The molecule has 0 saturated carbocycles. The van der Waals surface area contributed by atoms with E-state index in [-0.39, 0.29) is 0 Å². The van der Waals surface area contributed by atoms with Gasteiger partial charge in [0.25, 0.3) is 0 Å². The molecule has 0 amide bonds. The van der Waals surface area contributed by atoms with E-state index in [1.54, 1.807) is 0 Å². The number of aromatic nitrogens is 2. The molecule has 25 heavy (non-hydrogen) atoms. The highest BCUT2D eigenvalue weighted by Crippen LogP contribution is 2.21. The Morgan fingerprint density at radius 3 is 2.40 bits per heavy atom. The van der Waals surface area contributed by atoms with E-state index >= 15 is 0 Å². The number of hydrogen-bond acceptors (Lipinski definition) is 5. The second kappa shape index (κ2) is 7.66. The van der Waals surface area contributed by atoms with E-state index in [9.17, 15) is 0 Å². The number of benzene rings is 2. The molecule has 1 heterocycles. The molecule has 0 unspecified atom stereocenters. The van der Waals surface area contributed by atoms with Crippen LogP contribution in [0.2, 0.25) is 0 Å². The van der Waals surface area contributed by atoms with E-state index < -0.39 is 0 Å². The minimum atomic E-state index is 0.555. The zero-order valence-electron chi connectivity index (χ0n) is 14.7. The molecule has 0 saturated heterocycles. The summed E-state index contributed by atoms with van der Waals surface area (Å²) in [5.41, 5.74) is 4.00. The zero-order chi connectivity index (χ0) is 17.6. The molecular formula is C20H22N4O. The van der Waals surface area contributed by atoms with Crippen LogP contribution >= 0.6 is 0 Å². The Morgan fingerprint density at radius 2 is 1.68 bits per heavy atom. The summed E-state index contributed by atoms with van der Waals surface area (Å²) in [6, 6.07) is 17.8. The summed E-state index contributed by atoms with van der Waals surface area (Å²) in [5, 5.41) is 6.56. The fourth-order valence-corrected chi connectivity index (χ4v) is 2.49. The maximum absolute atomic E-state index is 5.46. The summed E-state index contributed by atoms with van der Waals surface area (Å²) >= 11 is 0. The van der Waals surface area contributed by atoms with Gasteiger partial charge in [-0.25, -0.2) is 4.98 Å². The molecule has 5 nitrogen and oxygen atoms in total. The van der Waals surface area contributed by atoms with Crippen molar-refractivity contribution in [2.24, 2.45) is 0 Å². The van der Waals surface area contributed by atoms with Gasteiger partial charge in [0.2, 0.25) is 5.95 Å². The van der Waals surface area contributed by atoms with Crippen molar-refractivity contribution in [1.29, 1.82) is 0 Å². The smallest absolute Gasteiger partial charge is 0.229 e. The Labute approximate surface area is 148 Å². The first-order valence-corrected chi connectivity index (χ1v) is 8.31. The van der Waals surface area contributed by atoms with Crippen molar-refractivity contribution in [2.45, 2.75) is 20.8 Å². The summed E-state index contributed by atoms with van der Waals surface area (Å²) in [5.74, 6) is 2.16. The lowest BCUT2D eigenvalue weighted by molar-refractivity contribution is 0.340. The van der Waals surface area contributed by atoms with Crippen molar-refractivity contribution in [3.63, 3.8) is 0 Å². The Balaban J connectivity index is 1.77. The lowest BCUT2D eigenvalue weighted by Crippen LogP contribution is -2.02. The Hall–Kier alpha value is -3.08. The van der Waals surface area contributed by atoms with Gasteiger partial charge in [0.05, 0.1) is 6.61 Å². The SMILES string of the molecule is CCOc1ccc(Nc2nc(C)cc(Nc3cccc(C)c3)n2)cc1. The normalized spacial score (nSPS) is 10.4. The van der Waals surface area contributed by atoms with Gasteiger partial charge in [-0.3, -0.25) is 0 Å². The second-order valence-electron chi connectivity index (χ2n) is 5.80. The molecular weight excluding hydrogens is 312 g/mol.